The molecule has 0 saturated heterocycles. The van der Waals surface area contributed by atoms with Gasteiger partial charge in [0.1, 0.15) is 6.04 Å². The first kappa shape index (κ1) is 13.1. The van der Waals surface area contributed by atoms with Crippen LogP contribution in [0, 0.1) is 12.8 Å². The number of hydrogen-bond acceptors (Lipinski definition) is 4. The Morgan fingerprint density at radius 2 is 2.35 bits per heavy atom. The van der Waals surface area contributed by atoms with Gasteiger partial charge in [0.25, 0.3) is 0 Å². The zero-order chi connectivity index (χ0) is 14.3. The average molecular weight is 293 g/mol. The summed E-state index contributed by atoms with van der Waals surface area (Å²) in [5, 5.41) is 13.6. The van der Waals surface area contributed by atoms with Crippen molar-refractivity contribution in [3.05, 3.63) is 23.0 Å². The molecule has 7 heteroatoms. The summed E-state index contributed by atoms with van der Waals surface area (Å²) in [6, 6.07) is -0.749. The highest BCUT2D eigenvalue weighted by Crippen LogP contribution is 2.32. The molecule has 2 aromatic rings. The fourth-order valence-corrected chi connectivity index (χ4v) is 3.19. The van der Waals surface area contributed by atoms with E-state index < -0.39 is 12.0 Å². The molecular formula is C13H15N3O3S. The van der Waals surface area contributed by atoms with Crippen LogP contribution in [0.3, 0.4) is 0 Å². The lowest BCUT2D eigenvalue weighted by molar-refractivity contribution is -0.142. The van der Waals surface area contributed by atoms with E-state index in [0.717, 1.165) is 29.2 Å². The monoisotopic (exact) mass is 293 g/mol. The molecule has 1 fully saturated rings. The Balaban J connectivity index is 1.70. The van der Waals surface area contributed by atoms with E-state index >= 15 is 0 Å². The van der Waals surface area contributed by atoms with Gasteiger partial charge in [-0.25, -0.2) is 9.78 Å². The zero-order valence-electron chi connectivity index (χ0n) is 11.0. The third-order valence-corrected chi connectivity index (χ3v) is 4.31. The first-order valence-corrected chi connectivity index (χ1v) is 7.37. The summed E-state index contributed by atoms with van der Waals surface area (Å²) >= 11 is 1.48. The Bertz CT molecular complexity index is 672. The maximum Gasteiger partial charge on any atom is 0.326 e. The van der Waals surface area contributed by atoms with Crippen molar-refractivity contribution >= 4 is 28.2 Å². The number of aliphatic carboxylic acids is 1. The van der Waals surface area contributed by atoms with Crippen LogP contribution in [0.25, 0.3) is 4.96 Å². The second-order valence-corrected chi connectivity index (χ2v) is 6.00. The van der Waals surface area contributed by atoms with Crippen molar-refractivity contribution in [1.29, 1.82) is 0 Å². The molecule has 106 valence electrons. The van der Waals surface area contributed by atoms with Gasteiger partial charge in [-0.3, -0.25) is 9.20 Å². The van der Waals surface area contributed by atoms with Crippen molar-refractivity contribution in [2.75, 3.05) is 0 Å². The largest absolute Gasteiger partial charge is 0.480 e. The fraction of sp³-hybridized carbons (Fsp3) is 0.462. The highest BCUT2D eigenvalue weighted by atomic mass is 32.1. The molecule has 6 nitrogen and oxygen atoms in total. The van der Waals surface area contributed by atoms with Gasteiger partial charge in [-0.05, 0) is 25.7 Å². The normalized spacial score (nSPS) is 16.2. The molecule has 2 heterocycles. The van der Waals surface area contributed by atoms with Crippen LogP contribution in [0.4, 0.5) is 0 Å². The number of rotatable bonds is 5. The van der Waals surface area contributed by atoms with Gasteiger partial charge in [0.15, 0.2) is 4.96 Å². The van der Waals surface area contributed by atoms with Crippen molar-refractivity contribution in [3.8, 4) is 0 Å². The van der Waals surface area contributed by atoms with Gasteiger partial charge in [0.05, 0.1) is 12.1 Å². The van der Waals surface area contributed by atoms with E-state index in [1.165, 1.54) is 11.3 Å². The molecular weight excluding hydrogens is 278 g/mol. The summed E-state index contributed by atoms with van der Waals surface area (Å²) in [4.78, 5) is 28.3. The minimum absolute atomic E-state index is 0.0921. The van der Waals surface area contributed by atoms with Crippen molar-refractivity contribution < 1.29 is 14.7 Å². The Labute approximate surface area is 119 Å². The fourth-order valence-electron chi connectivity index (χ4n) is 2.27. The molecule has 0 aromatic carbocycles. The minimum atomic E-state index is -0.949. The van der Waals surface area contributed by atoms with Crippen LogP contribution < -0.4 is 5.32 Å². The number of carbonyl (C=O) groups excluding carboxylic acids is 1. The first-order chi connectivity index (χ1) is 9.54. The van der Waals surface area contributed by atoms with Crippen LogP contribution in [-0.4, -0.2) is 32.4 Å². The molecule has 0 radical (unpaired) electrons. The third kappa shape index (κ3) is 2.53. The number of carbonyl (C=O) groups is 2. The molecule has 0 bridgehead atoms. The average Bonchev–Trinajstić information content (AvgIpc) is 3.06. The number of amides is 1. The van der Waals surface area contributed by atoms with E-state index in [4.69, 9.17) is 5.11 Å². The maximum absolute atomic E-state index is 12.0. The first-order valence-electron chi connectivity index (χ1n) is 6.49. The number of nitrogens with zero attached hydrogens (tertiary/aromatic N) is 2. The molecule has 1 saturated carbocycles. The Morgan fingerprint density at radius 1 is 1.60 bits per heavy atom. The standard InChI is InChI=1S/C13H15N3O3S/c1-7-5-16-9(6-20-13(16)14-7)4-10(17)15-11(12(18)19)8-2-3-8/h5-6,8,11H,2-4H2,1H3,(H,15,17)(H,18,19). The highest BCUT2D eigenvalue weighted by molar-refractivity contribution is 7.15. The number of aromatic nitrogens is 2. The number of imidazole rings is 1. The van der Waals surface area contributed by atoms with Crippen LogP contribution in [0.1, 0.15) is 24.2 Å². The lowest BCUT2D eigenvalue weighted by Crippen LogP contribution is -2.43. The van der Waals surface area contributed by atoms with Crippen LogP contribution >= 0.6 is 11.3 Å². The molecule has 1 aliphatic rings. The van der Waals surface area contributed by atoms with Crippen LogP contribution in [0.5, 0.6) is 0 Å². The summed E-state index contributed by atoms with van der Waals surface area (Å²) < 4.78 is 1.88. The lowest BCUT2D eigenvalue weighted by atomic mass is 10.2. The van der Waals surface area contributed by atoms with Gasteiger partial charge in [0.2, 0.25) is 5.91 Å². The predicted octanol–water partition coefficient (Wildman–Crippen LogP) is 1.23. The molecule has 1 aliphatic carbocycles. The van der Waals surface area contributed by atoms with Crippen LogP contribution in [0.2, 0.25) is 0 Å². The van der Waals surface area contributed by atoms with E-state index in [9.17, 15) is 9.59 Å². The number of carboxylic acids is 1. The van der Waals surface area contributed by atoms with Gasteiger partial charge in [-0.1, -0.05) is 0 Å². The third-order valence-electron chi connectivity index (χ3n) is 3.42. The van der Waals surface area contributed by atoms with Crippen LogP contribution in [-0.2, 0) is 16.0 Å². The van der Waals surface area contributed by atoms with E-state index in [2.05, 4.69) is 10.3 Å². The van der Waals surface area contributed by atoms with Gasteiger partial charge in [-0.2, -0.15) is 0 Å². The second-order valence-electron chi connectivity index (χ2n) is 5.16. The van der Waals surface area contributed by atoms with E-state index in [1.54, 1.807) is 0 Å². The number of nitrogens with one attached hydrogen (secondary N) is 1. The summed E-state index contributed by atoms with van der Waals surface area (Å²) in [7, 11) is 0. The van der Waals surface area contributed by atoms with Crippen molar-refractivity contribution in [1.82, 2.24) is 14.7 Å². The summed E-state index contributed by atoms with van der Waals surface area (Å²) in [6.07, 6.45) is 3.80. The summed E-state index contributed by atoms with van der Waals surface area (Å²) in [6.45, 7) is 1.90. The van der Waals surface area contributed by atoms with E-state index in [-0.39, 0.29) is 18.2 Å². The Morgan fingerprint density at radius 3 is 3.00 bits per heavy atom. The number of aryl methyl sites for hydroxylation is 1. The molecule has 0 aliphatic heterocycles. The smallest absolute Gasteiger partial charge is 0.326 e. The molecule has 20 heavy (non-hydrogen) atoms. The van der Waals surface area contributed by atoms with E-state index in [0.29, 0.717) is 0 Å². The molecule has 1 unspecified atom stereocenters. The van der Waals surface area contributed by atoms with Gasteiger partial charge in [0, 0.05) is 17.3 Å². The molecule has 2 N–H and O–H groups in total. The van der Waals surface area contributed by atoms with Gasteiger partial charge < -0.3 is 10.4 Å². The number of thiazole rings is 1. The minimum Gasteiger partial charge on any atom is -0.480 e. The van der Waals surface area contributed by atoms with Gasteiger partial charge in [-0.15, -0.1) is 11.3 Å². The molecule has 2 aromatic heterocycles. The molecule has 1 atom stereocenters. The van der Waals surface area contributed by atoms with Crippen molar-refractivity contribution in [2.45, 2.75) is 32.2 Å². The predicted molar refractivity (Wildman–Crippen MR) is 73.8 cm³/mol. The summed E-state index contributed by atoms with van der Waals surface area (Å²) in [5.41, 5.74) is 1.74. The summed E-state index contributed by atoms with van der Waals surface area (Å²) in [5.74, 6) is -1.11. The van der Waals surface area contributed by atoms with E-state index in [1.807, 2.05) is 22.9 Å². The quantitative estimate of drug-likeness (QED) is 0.868. The van der Waals surface area contributed by atoms with Crippen LogP contribution in [0.15, 0.2) is 11.6 Å². The SMILES string of the molecule is Cc1cn2c(CC(=O)NC(C(=O)O)C3CC3)csc2n1. The lowest BCUT2D eigenvalue weighted by Gasteiger charge is -2.13. The number of hydrogen-bond donors (Lipinski definition) is 2. The van der Waals surface area contributed by atoms with Crippen molar-refractivity contribution in [2.24, 2.45) is 5.92 Å². The highest BCUT2D eigenvalue weighted by Gasteiger charge is 2.37. The van der Waals surface area contributed by atoms with Gasteiger partial charge >= 0.3 is 5.97 Å². The Kier molecular flexibility index (Phi) is 3.21. The number of carboxylic acid groups (broad SMARTS) is 1. The zero-order valence-corrected chi connectivity index (χ0v) is 11.8. The topological polar surface area (TPSA) is 83.7 Å². The molecule has 1 amide bonds. The maximum atomic E-state index is 12.0. The number of fused-ring (bicyclic) bond motifs is 1. The molecule has 0 spiro atoms. The second kappa shape index (κ2) is 4.90. The molecule has 3 rings (SSSR count). The Hall–Kier alpha value is -1.89. The van der Waals surface area contributed by atoms with Crippen molar-refractivity contribution in [3.63, 3.8) is 0 Å².